The number of hydrogen-bond acceptors (Lipinski definition) is 2. The van der Waals surface area contributed by atoms with Gasteiger partial charge in [0.2, 0.25) is 0 Å². The fourth-order valence-corrected chi connectivity index (χ4v) is 1.14. The third-order valence-corrected chi connectivity index (χ3v) is 2.18. The van der Waals surface area contributed by atoms with Gasteiger partial charge in [0.25, 0.3) is 0 Å². The first-order chi connectivity index (χ1) is 6.40. The molecular formula is C11H18O3. The fraction of sp³-hybridized carbons (Fsp3) is 0.545. The normalized spacial score (nSPS) is 14.3. The average molecular weight is 198 g/mol. The topological polar surface area (TPSA) is 46.5 Å². The van der Waals surface area contributed by atoms with E-state index in [1.807, 2.05) is 13.8 Å². The second-order valence-corrected chi connectivity index (χ2v) is 3.46. The summed E-state index contributed by atoms with van der Waals surface area (Å²) >= 11 is 0. The zero-order valence-corrected chi connectivity index (χ0v) is 9.26. The number of methoxy groups -OCH3 is 1. The Kier molecular flexibility index (Phi) is 4.99. The maximum atomic E-state index is 10.7. The Hall–Kier alpha value is -1.25. The summed E-state index contributed by atoms with van der Waals surface area (Å²) in [5, 5.41) is 8.77. The van der Waals surface area contributed by atoms with Crippen molar-refractivity contribution in [3.63, 3.8) is 0 Å². The predicted octanol–water partition coefficient (Wildman–Crippen LogP) is 2.59. The fourth-order valence-electron chi connectivity index (χ4n) is 1.14. The molecule has 0 spiro atoms. The average Bonchev–Trinajstić information content (AvgIpc) is 2.11. The van der Waals surface area contributed by atoms with Gasteiger partial charge in [-0.3, -0.25) is 4.79 Å². The van der Waals surface area contributed by atoms with E-state index in [-0.39, 0.29) is 0 Å². The Morgan fingerprint density at radius 3 is 2.29 bits per heavy atom. The Balaban J connectivity index is 4.72. The number of carboxylic acid groups (broad SMARTS) is 1. The number of carboxylic acids is 1. The summed E-state index contributed by atoms with van der Waals surface area (Å²) in [7, 11) is 1.57. The van der Waals surface area contributed by atoms with Gasteiger partial charge in [-0.15, -0.1) is 0 Å². The molecule has 14 heavy (non-hydrogen) atoms. The predicted molar refractivity (Wildman–Crippen MR) is 55.9 cm³/mol. The molecule has 0 saturated heterocycles. The van der Waals surface area contributed by atoms with Crippen LogP contribution in [0.2, 0.25) is 0 Å². The van der Waals surface area contributed by atoms with E-state index in [9.17, 15) is 4.79 Å². The molecule has 0 aromatic carbocycles. The van der Waals surface area contributed by atoms with E-state index < -0.39 is 11.9 Å². The highest BCUT2D eigenvalue weighted by molar-refractivity contribution is 5.70. The van der Waals surface area contributed by atoms with Crippen LogP contribution in [0.25, 0.3) is 0 Å². The van der Waals surface area contributed by atoms with Gasteiger partial charge in [0.1, 0.15) is 0 Å². The van der Waals surface area contributed by atoms with Gasteiger partial charge < -0.3 is 9.84 Å². The summed E-state index contributed by atoms with van der Waals surface area (Å²) in [6, 6.07) is 0. The van der Waals surface area contributed by atoms with Crippen LogP contribution in [0, 0.1) is 5.92 Å². The first-order valence-corrected chi connectivity index (χ1v) is 4.52. The summed E-state index contributed by atoms with van der Waals surface area (Å²) in [5.41, 5.74) is 1.75. The van der Waals surface area contributed by atoms with Crippen LogP contribution in [0.5, 0.6) is 0 Å². The second-order valence-electron chi connectivity index (χ2n) is 3.46. The molecule has 0 aromatic rings. The van der Waals surface area contributed by atoms with Crippen molar-refractivity contribution in [3.05, 3.63) is 23.5 Å². The minimum atomic E-state index is -0.798. The molecule has 0 rings (SSSR count). The molecule has 0 fully saturated rings. The maximum absolute atomic E-state index is 10.7. The lowest BCUT2D eigenvalue weighted by atomic mass is 9.96. The number of ether oxygens (including phenoxy) is 1. The third kappa shape index (κ3) is 3.64. The molecule has 0 amide bonds. The zero-order valence-electron chi connectivity index (χ0n) is 9.26. The quantitative estimate of drug-likeness (QED) is 0.545. The number of hydrogen-bond donors (Lipinski definition) is 1. The molecule has 0 aromatic heterocycles. The van der Waals surface area contributed by atoms with Crippen molar-refractivity contribution in [3.8, 4) is 0 Å². The molecular weight excluding hydrogens is 180 g/mol. The van der Waals surface area contributed by atoms with E-state index in [0.29, 0.717) is 6.42 Å². The second kappa shape index (κ2) is 5.47. The third-order valence-electron chi connectivity index (χ3n) is 2.18. The molecule has 0 aliphatic carbocycles. The largest absolute Gasteiger partial charge is 0.501 e. The van der Waals surface area contributed by atoms with Gasteiger partial charge in [-0.05, 0) is 25.8 Å². The van der Waals surface area contributed by atoms with Crippen LogP contribution >= 0.6 is 0 Å². The monoisotopic (exact) mass is 198 g/mol. The standard InChI is InChI=1S/C11H18O3/c1-7(2)10(9(4)14-5)6-8(3)11(12)13/h8H,1,6H2,2-5H3,(H,12,13). The first kappa shape index (κ1) is 12.8. The summed E-state index contributed by atoms with van der Waals surface area (Å²) in [6.45, 7) is 9.15. The van der Waals surface area contributed by atoms with Crippen LogP contribution in [0.4, 0.5) is 0 Å². The molecule has 0 heterocycles. The van der Waals surface area contributed by atoms with E-state index in [2.05, 4.69) is 6.58 Å². The molecule has 80 valence electrons. The highest BCUT2D eigenvalue weighted by Gasteiger charge is 2.15. The van der Waals surface area contributed by atoms with Gasteiger partial charge in [-0.2, -0.15) is 0 Å². The van der Waals surface area contributed by atoms with E-state index in [4.69, 9.17) is 9.84 Å². The van der Waals surface area contributed by atoms with E-state index >= 15 is 0 Å². The Bertz CT molecular complexity index is 264. The van der Waals surface area contributed by atoms with Crippen molar-refractivity contribution in [1.82, 2.24) is 0 Å². The van der Waals surface area contributed by atoms with Gasteiger partial charge in [0.05, 0.1) is 18.8 Å². The summed E-state index contributed by atoms with van der Waals surface area (Å²) in [6.07, 6.45) is 0.463. The van der Waals surface area contributed by atoms with Gasteiger partial charge >= 0.3 is 5.97 Å². The highest BCUT2D eigenvalue weighted by Crippen LogP contribution is 2.22. The smallest absolute Gasteiger partial charge is 0.306 e. The van der Waals surface area contributed by atoms with Crippen molar-refractivity contribution in [2.45, 2.75) is 27.2 Å². The lowest BCUT2D eigenvalue weighted by Crippen LogP contribution is -2.11. The molecule has 1 atom stereocenters. The highest BCUT2D eigenvalue weighted by atomic mass is 16.5. The number of aliphatic carboxylic acids is 1. The van der Waals surface area contributed by atoms with Crippen LogP contribution in [0.3, 0.4) is 0 Å². The van der Waals surface area contributed by atoms with E-state index in [1.165, 1.54) is 0 Å². The van der Waals surface area contributed by atoms with Crippen molar-refractivity contribution in [2.24, 2.45) is 5.92 Å². The van der Waals surface area contributed by atoms with Gasteiger partial charge in [-0.1, -0.05) is 19.1 Å². The SMILES string of the molecule is C=C(C)C(CC(C)C(=O)O)=C(C)OC. The zero-order chi connectivity index (χ0) is 11.3. The summed E-state index contributed by atoms with van der Waals surface area (Å²) in [5.74, 6) is -0.468. The molecule has 0 aliphatic heterocycles. The Morgan fingerprint density at radius 1 is 1.50 bits per heavy atom. The summed E-state index contributed by atoms with van der Waals surface area (Å²) in [4.78, 5) is 10.7. The molecule has 0 saturated carbocycles. The molecule has 1 unspecified atom stereocenters. The first-order valence-electron chi connectivity index (χ1n) is 4.52. The molecule has 3 nitrogen and oxygen atoms in total. The van der Waals surface area contributed by atoms with Crippen LogP contribution in [-0.2, 0) is 9.53 Å². The van der Waals surface area contributed by atoms with Gasteiger partial charge in [0, 0.05) is 0 Å². The van der Waals surface area contributed by atoms with Crippen molar-refractivity contribution >= 4 is 5.97 Å². The molecule has 0 aliphatic rings. The van der Waals surface area contributed by atoms with E-state index in [1.54, 1.807) is 14.0 Å². The Labute approximate surface area is 85.1 Å². The lowest BCUT2D eigenvalue weighted by Gasteiger charge is -2.13. The number of carbonyl (C=O) groups is 1. The van der Waals surface area contributed by atoms with Crippen molar-refractivity contribution < 1.29 is 14.6 Å². The Morgan fingerprint density at radius 2 is 2.00 bits per heavy atom. The van der Waals surface area contributed by atoms with E-state index in [0.717, 1.165) is 16.9 Å². The number of allylic oxidation sites excluding steroid dienone is 3. The van der Waals surface area contributed by atoms with Crippen molar-refractivity contribution in [2.75, 3.05) is 7.11 Å². The maximum Gasteiger partial charge on any atom is 0.306 e. The van der Waals surface area contributed by atoms with Gasteiger partial charge in [0.15, 0.2) is 0 Å². The lowest BCUT2D eigenvalue weighted by molar-refractivity contribution is -0.141. The minimum Gasteiger partial charge on any atom is -0.501 e. The molecule has 1 N–H and O–H groups in total. The van der Waals surface area contributed by atoms with Crippen molar-refractivity contribution in [1.29, 1.82) is 0 Å². The van der Waals surface area contributed by atoms with Crippen LogP contribution in [0.15, 0.2) is 23.5 Å². The molecule has 0 bridgehead atoms. The van der Waals surface area contributed by atoms with Crippen LogP contribution in [0.1, 0.15) is 27.2 Å². The van der Waals surface area contributed by atoms with Gasteiger partial charge in [-0.25, -0.2) is 0 Å². The molecule has 3 heteroatoms. The van der Waals surface area contributed by atoms with Crippen LogP contribution < -0.4 is 0 Å². The molecule has 0 radical (unpaired) electrons. The summed E-state index contributed by atoms with van der Waals surface area (Å²) < 4.78 is 5.08. The van der Waals surface area contributed by atoms with Crippen LogP contribution in [-0.4, -0.2) is 18.2 Å². The minimum absolute atomic E-state index is 0.410. The number of rotatable bonds is 5.